The van der Waals surface area contributed by atoms with Crippen LogP contribution in [0.1, 0.15) is 13.8 Å². The van der Waals surface area contributed by atoms with Crippen LogP contribution in [0.15, 0.2) is 39.7 Å². The molecule has 7 heteroatoms. The summed E-state index contributed by atoms with van der Waals surface area (Å²) in [5.41, 5.74) is -1.70. The molecule has 0 aliphatic carbocycles. The summed E-state index contributed by atoms with van der Waals surface area (Å²) in [6.45, 7) is 11.4. The first-order valence-electron chi connectivity index (χ1n) is 7.01. The van der Waals surface area contributed by atoms with E-state index < -0.39 is 25.9 Å². The van der Waals surface area contributed by atoms with Crippen LogP contribution in [0.5, 0.6) is 0 Å². The first-order chi connectivity index (χ1) is 10.0. The van der Waals surface area contributed by atoms with E-state index >= 15 is 0 Å². The Kier molecular flexibility index (Phi) is 6.35. The van der Waals surface area contributed by atoms with Crippen LogP contribution in [0, 0.1) is 0 Å². The smallest absolute Gasteiger partial charge is 0.248 e. The predicted molar refractivity (Wildman–Crippen MR) is 86.3 cm³/mol. The molecule has 0 spiro atoms. The van der Waals surface area contributed by atoms with Crippen LogP contribution in [-0.4, -0.2) is 22.5 Å². The fourth-order valence-electron chi connectivity index (χ4n) is 2.09. The standard InChI is InChI=1S/C14H22N3O3Si/c1-5-9-15-12(18)16(10-6-2)14(20)17(13(15)19)11-21(7-3)8-4/h5-6H,1-2,7-11H2,3-4H3. The van der Waals surface area contributed by atoms with Gasteiger partial charge in [-0.15, -0.1) is 13.2 Å². The molecule has 0 aliphatic heterocycles. The van der Waals surface area contributed by atoms with Gasteiger partial charge in [0.15, 0.2) is 0 Å². The fraction of sp³-hybridized carbons (Fsp3) is 0.500. The second-order valence-electron chi connectivity index (χ2n) is 4.69. The molecule has 0 unspecified atom stereocenters. The summed E-state index contributed by atoms with van der Waals surface area (Å²) in [6.07, 6.45) is 3.37. The number of hydrogen-bond acceptors (Lipinski definition) is 3. The van der Waals surface area contributed by atoms with Crippen LogP contribution in [-0.2, 0) is 19.3 Å². The molecular formula is C14H22N3O3Si. The van der Waals surface area contributed by atoms with Gasteiger partial charge in [-0.25, -0.2) is 28.1 Å². The highest BCUT2D eigenvalue weighted by Crippen LogP contribution is 1.98. The van der Waals surface area contributed by atoms with Gasteiger partial charge in [0.2, 0.25) is 0 Å². The third-order valence-electron chi connectivity index (χ3n) is 3.39. The first-order valence-corrected chi connectivity index (χ1v) is 9.13. The molecule has 0 aliphatic rings. The monoisotopic (exact) mass is 308 g/mol. The van der Waals surface area contributed by atoms with Crippen molar-refractivity contribution in [3.05, 3.63) is 56.8 Å². The van der Waals surface area contributed by atoms with Gasteiger partial charge in [0.1, 0.15) is 0 Å². The first kappa shape index (κ1) is 17.2. The Morgan fingerprint density at radius 2 is 1.24 bits per heavy atom. The highest BCUT2D eigenvalue weighted by molar-refractivity contribution is 6.57. The fourth-order valence-corrected chi connectivity index (χ4v) is 3.75. The van der Waals surface area contributed by atoms with Crippen molar-refractivity contribution in [1.82, 2.24) is 13.7 Å². The Balaban J connectivity index is 3.58. The minimum Gasteiger partial charge on any atom is -0.248 e. The minimum absolute atomic E-state index is 0.0927. The molecule has 0 aromatic carbocycles. The van der Waals surface area contributed by atoms with Crippen LogP contribution >= 0.6 is 0 Å². The van der Waals surface area contributed by atoms with Crippen molar-refractivity contribution in [1.29, 1.82) is 0 Å². The third-order valence-corrected chi connectivity index (χ3v) is 6.15. The lowest BCUT2D eigenvalue weighted by atomic mass is 10.5. The van der Waals surface area contributed by atoms with Crippen molar-refractivity contribution in [3.63, 3.8) is 0 Å². The van der Waals surface area contributed by atoms with Crippen LogP contribution in [0.2, 0.25) is 12.1 Å². The zero-order chi connectivity index (χ0) is 16.0. The molecule has 1 rings (SSSR count). The van der Waals surface area contributed by atoms with E-state index in [1.54, 1.807) is 0 Å². The summed E-state index contributed by atoms with van der Waals surface area (Å²) in [4.78, 5) is 37.0. The van der Waals surface area contributed by atoms with Gasteiger partial charge in [-0.3, -0.25) is 0 Å². The number of aromatic nitrogens is 3. The van der Waals surface area contributed by atoms with Crippen molar-refractivity contribution in [2.45, 2.75) is 45.2 Å². The lowest BCUT2D eigenvalue weighted by Gasteiger charge is -2.15. The van der Waals surface area contributed by atoms with Crippen LogP contribution in [0.25, 0.3) is 0 Å². The largest absolute Gasteiger partial charge is 0.336 e. The van der Waals surface area contributed by atoms with Gasteiger partial charge in [0.05, 0.1) is 21.9 Å². The molecule has 0 fully saturated rings. The molecule has 1 aromatic heterocycles. The second-order valence-corrected chi connectivity index (χ2v) is 7.92. The molecule has 0 N–H and O–H groups in total. The van der Waals surface area contributed by atoms with E-state index in [-0.39, 0.29) is 13.1 Å². The van der Waals surface area contributed by atoms with Gasteiger partial charge in [-0.1, -0.05) is 38.1 Å². The summed E-state index contributed by atoms with van der Waals surface area (Å²) < 4.78 is 3.28. The Labute approximate surface area is 125 Å². The summed E-state index contributed by atoms with van der Waals surface area (Å²) in [6, 6.07) is 1.93. The van der Waals surface area contributed by atoms with Gasteiger partial charge in [-0.2, -0.15) is 0 Å². The van der Waals surface area contributed by atoms with Crippen molar-refractivity contribution in [2.75, 3.05) is 0 Å². The molecular weight excluding hydrogens is 286 g/mol. The Morgan fingerprint density at radius 3 is 1.57 bits per heavy atom. The van der Waals surface area contributed by atoms with Gasteiger partial charge in [0.25, 0.3) is 0 Å². The summed E-state index contributed by atoms with van der Waals surface area (Å²) in [5, 5.41) is 0. The van der Waals surface area contributed by atoms with E-state index in [0.717, 1.165) is 21.2 Å². The molecule has 0 atom stereocenters. The molecule has 0 saturated carbocycles. The lowest BCUT2D eigenvalue weighted by molar-refractivity contribution is 0.508. The maximum atomic E-state index is 12.4. The zero-order valence-corrected chi connectivity index (χ0v) is 13.7. The third kappa shape index (κ3) is 3.60. The second kappa shape index (κ2) is 7.77. The van der Waals surface area contributed by atoms with E-state index in [2.05, 4.69) is 27.0 Å². The van der Waals surface area contributed by atoms with E-state index in [1.165, 1.54) is 16.7 Å². The topological polar surface area (TPSA) is 66.0 Å². The van der Waals surface area contributed by atoms with Gasteiger partial charge in [-0.05, 0) is 0 Å². The summed E-state index contributed by atoms with van der Waals surface area (Å²) >= 11 is 0. The molecule has 21 heavy (non-hydrogen) atoms. The Hall–Kier alpha value is -1.89. The maximum Gasteiger partial charge on any atom is 0.336 e. The predicted octanol–water partition coefficient (Wildman–Crippen LogP) is 0.617. The molecule has 6 nitrogen and oxygen atoms in total. The van der Waals surface area contributed by atoms with Gasteiger partial charge in [0, 0.05) is 6.17 Å². The van der Waals surface area contributed by atoms with Gasteiger partial charge >= 0.3 is 17.1 Å². The Bertz CT molecular complexity index is 632. The number of nitrogens with zero attached hydrogens (tertiary/aromatic N) is 3. The molecule has 1 heterocycles. The maximum absolute atomic E-state index is 12.4. The van der Waals surface area contributed by atoms with Crippen LogP contribution < -0.4 is 17.1 Å². The summed E-state index contributed by atoms with van der Waals surface area (Å²) in [5.74, 6) is 0. The van der Waals surface area contributed by atoms with Crippen molar-refractivity contribution >= 4 is 8.80 Å². The Morgan fingerprint density at radius 1 is 0.857 bits per heavy atom. The quantitative estimate of drug-likeness (QED) is 0.522. The number of allylic oxidation sites excluding steroid dienone is 2. The SMILES string of the molecule is C=CCn1c(=O)n(CC=C)c(=O)n(C[Si](CC)CC)c1=O. The number of hydrogen-bond donors (Lipinski definition) is 0. The van der Waals surface area contributed by atoms with Crippen LogP contribution in [0.3, 0.4) is 0 Å². The van der Waals surface area contributed by atoms with Crippen molar-refractivity contribution in [3.8, 4) is 0 Å². The lowest BCUT2D eigenvalue weighted by Crippen LogP contribution is -2.55. The van der Waals surface area contributed by atoms with Crippen molar-refractivity contribution in [2.24, 2.45) is 0 Å². The normalized spacial score (nSPS) is 10.8. The molecule has 0 amide bonds. The van der Waals surface area contributed by atoms with Crippen LogP contribution in [0.4, 0.5) is 0 Å². The molecule has 0 bridgehead atoms. The van der Waals surface area contributed by atoms with E-state index in [0.29, 0.717) is 6.17 Å². The highest BCUT2D eigenvalue weighted by Gasteiger charge is 2.17. The molecule has 1 radical (unpaired) electrons. The van der Waals surface area contributed by atoms with E-state index in [1.807, 2.05) is 0 Å². The molecule has 0 saturated heterocycles. The minimum atomic E-state index is -0.812. The van der Waals surface area contributed by atoms with E-state index in [9.17, 15) is 14.4 Å². The summed E-state index contributed by atoms with van der Waals surface area (Å²) in [7, 11) is -0.812. The number of rotatable bonds is 8. The average Bonchev–Trinajstić information content (AvgIpc) is 2.48. The average molecular weight is 308 g/mol. The van der Waals surface area contributed by atoms with E-state index in [4.69, 9.17) is 0 Å². The molecule has 1 aromatic rings. The zero-order valence-electron chi connectivity index (χ0n) is 12.7. The van der Waals surface area contributed by atoms with Gasteiger partial charge < -0.3 is 0 Å². The van der Waals surface area contributed by atoms with Crippen molar-refractivity contribution < 1.29 is 0 Å². The molecule has 115 valence electrons. The highest BCUT2D eigenvalue weighted by atomic mass is 28.3.